The lowest BCUT2D eigenvalue weighted by Crippen LogP contribution is -2.18. The van der Waals surface area contributed by atoms with E-state index in [-0.39, 0.29) is 39.1 Å². The SMILES string of the molecule is CN(C)CCCC(=O)c1nc[nH]c1C(=O)Nc1ccc(NC(=O)c2ccc(S(C)(=O)=O)cc2Cl)cc1. The van der Waals surface area contributed by atoms with Gasteiger partial charge in [-0.15, -0.1) is 0 Å². The molecule has 10 nitrogen and oxygen atoms in total. The molecule has 0 fully saturated rings. The Bertz CT molecular complexity index is 1380. The summed E-state index contributed by atoms with van der Waals surface area (Å²) in [5.74, 6) is -1.26. The normalized spacial score (nSPS) is 11.4. The summed E-state index contributed by atoms with van der Waals surface area (Å²) in [6, 6.07) is 10.2. The number of halogens is 1. The summed E-state index contributed by atoms with van der Waals surface area (Å²) in [5.41, 5.74) is 1.15. The Labute approximate surface area is 214 Å². The standard InChI is InChI=1S/C24H26ClN5O5S/c1-30(2)12-4-5-20(31)21-22(27-14-26-21)24(33)29-16-8-6-15(7-9-16)28-23(32)18-11-10-17(13-19(18)25)36(3,34)35/h6-11,13-14H,4-5,12H2,1-3H3,(H,26,27)(H,28,32)(H,29,33). The predicted molar refractivity (Wildman–Crippen MR) is 138 cm³/mol. The Balaban J connectivity index is 1.63. The van der Waals surface area contributed by atoms with Crippen molar-refractivity contribution in [1.29, 1.82) is 0 Å². The topological polar surface area (TPSA) is 141 Å². The third-order valence-corrected chi connectivity index (χ3v) is 6.58. The van der Waals surface area contributed by atoms with Crippen molar-refractivity contribution in [2.24, 2.45) is 0 Å². The summed E-state index contributed by atoms with van der Waals surface area (Å²) < 4.78 is 23.3. The first-order valence-electron chi connectivity index (χ1n) is 10.9. The maximum absolute atomic E-state index is 12.7. The van der Waals surface area contributed by atoms with Crippen molar-refractivity contribution in [3.63, 3.8) is 0 Å². The summed E-state index contributed by atoms with van der Waals surface area (Å²) in [7, 11) is 0.387. The van der Waals surface area contributed by atoms with Crippen molar-refractivity contribution >= 4 is 50.4 Å². The number of nitrogens with one attached hydrogen (secondary N) is 3. The van der Waals surface area contributed by atoms with Crippen LogP contribution in [0, 0.1) is 0 Å². The molecule has 0 atom stereocenters. The van der Waals surface area contributed by atoms with Crippen LogP contribution < -0.4 is 10.6 Å². The van der Waals surface area contributed by atoms with E-state index in [1.54, 1.807) is 24.3 Å². The van der Waals surface area contributed by atoms with E-state index >= 15 is 0 Å². The van der Waals surface area contributed by atoms with Gasteiger partial charge in [0.25, 0.3) is 11.8 Å². The minimum Gasteiger partial charge on any atom is -0.340 e. The minimum absolute atomic E-state index is 0.00549. The molecular weight excluding hydrogens is 506 g/mol. The van der Waals surface area contributed by atoms with Crippen LogP contribution in [-0.4, -0.2) is 67.8 Å². The van der Waals surface area contributed by atoms with Crippen LogP contribution in [0.5, 0.6) is 0 Å². The number of Topliss-reactive ketones (excluding diaryl/α,β-unsaturated/α-hetero) is 1. The van der Waals surface area contributed by atoms with Gasteiger partial charge in [0.1, 0.15) is 11.4 Å². The van der Waals surface area contributed by atoms with Gasteiger partial charge in [0, 0.05) is 24.1 Å². The van der Waals surface area contributed by atoms with Gasteiger partial charge in [-0.05, 0) is 69.5 Å². The van der Waals surface area contributed by atoms with Crippen molar-refractivity contribution in [2.45, 2.75) is 17.7 Å². The summed E-state index contributed by atoms with van der Waals surface area (Å²) >= 11 is 6.10. The highest BCUT2D eigenvalue weighted by Gasteiger charge is 2.20. The molecule has 0 aliphatic rings. The molecular formula is C24H26ClN5O5S. The van der Waals surface area contributed by atoms with E-state index in [9.17, 15) is 22.8 Å². The van der Waals surface area contributed by atoms with Crippen LogP contribution >= 0.6 is 11.6 Å². The first-order chi connectivity index (χ1) is 17.0. The van der Waals surface area contributed by atoms with Crippen LogP contribution in [0.4, 0.5) is 11.4 Å². The number of ketones is 1. The van der Waals surface area contributed by atoms with Crippen LogP contribution in [-0.2, 0) is 9.84 Å². The average molecular weight is 532 g/mol. The number of carbonyl (C=O) groups is 3. The second kappa shape index (κ2) is 11.5. The molecule has 0 unspecified atom stereocenters. The Kier molecular flexibility index (Phi) is 8.62. The maximum Gasteiger partial charge on any atom is 0.274 e. The van der Waals surface area contributed by atoms with Gasteiger partial charge in [0.05, 0.1) is 21.8 Å². The molecule has 0 saturated heterocycles. The molecule has 0 spiro atoms. The molecule has 0 saturated carbocycles. The Morgan fingerprint density at radius 1 is 1.00 bits per heavy atom. The van der Waals surface area contributed by atoms with E-state index in [2.05, 4.69) is 20.6 Å². The zero-order valence-electron chi connectivity index (χ0n) is 20.0. The number of anilines is 2. The number of benzene rings is 2. The number of aromatic amines is 1. The number of aromatic nitrogens is 2. The summed E-state index contributed by atoms with van der Waals surface area (Å²) in [4.78, 5) is 46.4. The lowest BCUT2D eigenvalue weighted by Gasteiger charge is -2.10. The second-order valence-electron chi connectivity index (χ2n) is 8.36. The highest BCUT2D eigenvalue weighted by molar-refractivity contribution is 7.90. The van der Waals surface area contributed by atoms with Crippen molar-refractivity contribution in [3.05, 3.63) is 70.8 Å². The lowest BCUT2D eigenvalue weighted by atomic mass is 10.1. The van der Waals surface area contributed by atoms with Gasteiger partial charge in [0.15, 0.2) is 15.6 Å². The van der Waals surface area contributed by atoms with Crippen LogP contribution in [0.15, 0.2) is 53.7 Å². The van der Waals surface area contributed by atoms with Gasteiger partial charge >= 0.3 is 0 Å². The van der Waals surface area contributed by atoms with Gasteiger partial charge in [-0.25, -0.2) is 13.4 Å². The number of H-pyrrole nitrogens is 1. The van der Waals surface area contributed by atoms with Crippen molar-refractivity contribution in [3.8, 4) is 0 Å². The van der Waals surface area contributed by atoms with Gasteiger partial charge < -0.3 is 20.5 Å². The quantitative estimate of drug-likeness (QED) is 0.340. The molecule has 2 amide bonds. The largest absolute Gasteiger partial charge is 0.340 e. The molecule has 3 rings (SSSR count). The fourth-order valence-electron chi connectivity index (χ4n) is 3.29. The third kappa shape index (κ3) is 7.00. The Hall–Kier alpha value is -3.54. The van der Waals surface area contributed by atoms with Crippen LogP contribution in [0.2, 0.25) is 5.02 Å². The van der Waals surface area contributed by atoms with Gasteiger partial charge in [-0.3, -0.25) is 14.4 Å². The third-order valence-electron chi connectivity index (χ3n) is 5.15. The molecule has 0 radical (unpaired) electrons. The predicted octanol–water partition coefficient (Wildman–Crippen LogP) is 3.50. The zero-order chi connectivity index (χ0) is 26.5. The Morgan fingerprint density at radius 2 is 1.61 bits per heavy atom. The van der Waals surface area contributed by atoms with E-state index in [4.69, 9.17) is 11.6 Å². The minimum atomic E-state index is -3.45. The first-order valence-corrected chi connectivity index (χ1v) is 13.2. The fraction of sp³-hybridized carbons (Fsp3) is 0.250. The van der Waals surface area contributed by atoms with Gasteiger partial charge in [-0.2, -0.15) is 0 Å². The van der Waals surface area contributed by atoms with Crippen LogP contribution in [0.25, 0.3) is 0 Å². The molecule has 3 aromatic rings. The molecule has 0 bridgehead atoms. The summed E-state index contributed by atoms with van der Waals surface area (Å²) in [5, 5.41) is 5.37. The van der Waals surface area contributed by atoms with Gasteiger partial charge in [0.2, 0.25) is 0 Å². The molecule has 3 N–H and O–H groups in total. The first kappa shape index (κ1) is 27.1. The van der Waals surface area contributed by atoms with Crippen molar-refractivity contribution in [1.82, 2.24) is 14.9 Å². The van der Waals surface area contributed by atoms with Crippen molar-refractivity contribution < 1.29 is 22.8 Å². The van der Waals surface area contributed by atoms with Crippen molar-refractivity contribution in [2.75, 3.05) is 37.5 Å². The molecule has 190 valence electrons. The molecule has 2 aromatic carbocycles. The Morgan fingerprint density at radius 3 is 2.17 bits per heavy atom. The molecule has 0 aliphatic heterocycles. The smallest absolute Gasteiger partial charge is 0.274 e. The molecule has 0 aliphatic carbocycles. The van der Waals surface area contributed by atoms with E-state index < -0.39 is 21.7 Å². The van der Waals surface area contributed by atoms with E-state index in [1.165, 1.54) is 24.5 Å². The molecule has 1 heterocycles. The zero-order valence-corrected chi connectivity index (χ0v) is 21.5. The van der Waals surface area contributed by atoms with Crippen LogP contribution in [0.3, 0.4) is 0 Å². The number of sulfone groups is 1. The lowest BCUT2D eigenvalue weighted by molar-refractivity contribution is 0.0955. The van der Waals surface area contributed by atoms with E-state index in [1.807, 2.05) is 19.0 Å². The molecule has 12 heteroatoms. The van der Waals surface area contributed by atoms with Gasteiger partial charge in [-0.1, -0.05) is 11.6 Å². The monoisotopic (exact) mass is 531 g/mol. The summed E-state index contributed by atoms with van der Waals surface area (Å²) in [6.07, 6.45) is 3.29. The number of carbonyl (C=O) groups excluding carboxylic acids is 3. The number of hydrogen-bond donors (Lipinski definition) is 3. The second-order valence-corrected chi connectivity index (χ2v) is 10.8. The molecule has 1 aromatic heterocycles. The number of rotatable bonds is 10. The number of nitrogens with zero attached hydrogens (tertiary/aromatic N) is 2. The van der Waals surface area contributed by atoms with Crippen LogP contribution in [0.1, 0.15) is 44.2 Å². The highest BCUT2D eigenvalue weighted by Crippen LogP contribution is 2.23. The average Bonchev–Trinajstić information content (AvgIpc) is 3.29. The maximum atomic E-state index is 12.7. The van der Waals surface area contributed by atoms with E-state index in [0.717, 1.165) is 12.8 Å². The number of hydrogen-bond acceptors (Lipinski definition) is 7. The number of imidazole rings is 1. The fourth-order valence-corrected chi connectivity index (χ4v) is 4.27. The number of amides is 2. The van der Waals surface area contributed by atoms with E-state index in [0.29, 0.717) is 17.8 Å². The highest BCUT2D eigenvalue weighted by atomic mass is 35.5. The summed E-state index contributed by atoms with van der Waals surface area (Å²) in [6.45, 7) is 0.749. The molecule has 36 heavy (non-hydrogen) atoms.